The van der Waals surface area contributed by atoms with E-state index in [1.165, 1.54) is 17.3 Å². The van der Waals surface area contributed by atoms with Gasteiger partial charge in [0, 0.05) is 10.6 Å². The number of aryl methyl sites for hydroxylation is 1. The molecule has 3 aromatic rings. The largest absolute Gasteiger partial charge is 0.490 e. The fraction of sp³-hybridized carbons (Fsp3) is 0.167. The molecule has 0 aliphatic carbocycles. The summed E-state index contributed by atoms with van der Waals surface area (Å²) in [7, 11) is 0. The molecular weight excluding hydrogens is 340 g/mol. The smallest absolute Gasteiger partial charge is 0.141 e. The molecule has 7 heteroatoms. The normalized spacial score (nSPS) is 11.0. The Bertz CT molecular complexity index is 850. The number of rotatable bonds is 7. The molecule has 0 aliphatic rings. The van der Waals surface area contributed by atoms with Gasteiger partial charge in [-0.15, -0.1) is 10.2 Å². The van der Waals surface area contributed by atoms with Crippen molar-refractivity contribution in [2.45, 2.75) is 6.92 Å². The lowest BCUT2D eigenvalue weighted by molar-refractivity contribution is 0.217. The zero-order valence-electron chi connectivity index (χ0n) is 13.7. The number of halogens is 1. The molecule has 0 atom stereocenters. The van der Waals surface area contributed by atoms with E-state index >= 15 is 0 Å². The van der Waals surface area contributed by atoms with Gasteiger partial charge < -0.3 is 9.47 Å². The monoisotopic (exact) mass is 356 g/mol. The van der Waals surface area contributed by atoms with E-state index < -0.39 is 0 Å². The first kappa shape index (κ1) is 17.0. The maximum absolute atomic E-state index is 6.06. The van der Waals surface area contributed by atoms with E-state index in [4.69, 9.17) is 21.1 Å². The summed E-state index contributed by atoms with van der Waals surface area (Å²) in [6, 6.07) is 13.3. The summed E-state index contributed by atoms with van der Waals surface area (Å²) in [5.74, 6) is 1.50. The number of nitrogens with zero attached hydrogens (tertiary/aromatic N) is 4. The number of benzene rings is 2. The second kappa shape index (κ2) is 8.30. The molecule has 1 heterocycles. The van der Waals surface area contributed by atoms with E-state index in [2.05, 4.69) is 15.3 Å². The summed E-state index contributed by atoms with van der Waals surface area (Å²) in [5.41, 5.74) is 1.92. The highest BCUT2D eigenvalue weighted by molar-refractivity contribution is 6.30. The molecule has 0 unspecified atom stereocenters. The minimum absolute atomic E-state index is 0.406. The van der Waals surface area contributed by atoms with Crippen LogP contribution in [0, 0.1) is 6.92 Å². The van der Waals surface area contributed by atoms with Gasteiger partial charge in [-0.3, -0.25) is 0 Å². The van der Waals surface area contributed by atoms with Crippen LogP contribution in [0.4, 0.5) is 0 Å². The van der Waals surface area contributed by atoms with Crippen LogP contribution in [0.15, 0.2) is 60.2 Å². The maximum atomic E-state index is 6.06. The zero-order valence-corrected chi connectivity index (χ0v) is 14.4. The van der Waals surface area contributed by atoms with Crippen molar-refractivity contribution in [2.24, 2.45) is 5.10 Å². The van der Waals surface area contributed by atoms with Crippen molar-refractivity contribution in [3.8, 4) is 11.5 Å². The van der Waals surface area contributed by atoms with Crippen LogP contribution in [0.5, 0.6) is 11.5 Å². The van der Waals surface area contributed by atoms with Gasteiger partial charge in [-0.05, 0) is 42.8 Å². The summed E-state index contributed by atoms with van der Waals surface area (Å²) < 4.78 is 13.0. The number of hydrogen-bond acceptors (Lipinski definition) is 5. The Morgan fingerprint density at radius 2 is 1.88 bits per heavy atom. The Labute approximate surface area is 150 Å². The lowest BCUT2D eigenvalue weighted by Crippen LogP contribution is -2.10. The van der Waals surface area contributed by atoms with Gasteiger partial charge in [-0.2, -0.15) is 5.10 Å². The summed E-state index contributed by atoms with van der Waals surface area (Å²) in [6.45, 7) is 2.87. The SMILES string of the molecule is Cc1cccc(OCCOc2ccc(Cl)cc2/C=N/n2cnnc2)c1. The molecule has 0 fully saturated rings. The van der Waals surface area contributed by atoms with Crippen molar-refractivity contribution in [2.75, 3.05) is 13.2 Å². The van der Waals surface area contributed by atoms with Crippen LogP contribution in [-0.2, 0) is 0 Å². The van der Waals surface area contributed by atoms with Crippen LogP contribution in [0.25, 0.3) is 0 Å². The Hall–Kier alpha value is -2.86. The molecule has 0 spiro atoms. The van der Waals surface area contributed by atoms with Gasteiger partial charge >= 0.3 is 0 Å². The molecule has 2 aromatic carbocycles. The first-order chi connectivity index (χ1) is 12.2. The standard InChI is InChI=1S/C18H17ClN4O2/c1-14-3-2-4-17(9-14)24-7-8-25-18-6-5-16(19)10-15(18)11-22-23-12-20-21-13-23/h2-6,9-13H,7-8H2,1H3/b22-11+. The van der Waals surface area contributed by atoms with Crippen LogP contribution in [0.2, 0.25) is 5.02 Å². The van der Waals surface area contributed by atoms with Gasteiger partial charge in [0.15, 0.2) is 0 Å². The Balaban J connectivity index is 1.60. The topological polar surface area (TPSA) is 61.5 Å². The lowest BCUT2D eigenvalue weighted by Gasteiger charge is -2.11. The molecule has 0 radical (unpaired) electrons. The summed E-state index contributed by atoms with van der Waals surface area (Å²) in [6.07, 6.45) is 4.64. The van der Waals surface area contributed by atoms with Crippen LogP contribution in [0.1, 0.15) is 11.1 Å². The molecule has 0 amide bonds. The molecule has 25 heavy (non-hydrogen) atoms. The van der Waals surface area contributed by atoms with Crippen molar-refractivity contribution in [3.05, 3.63) is 71.3 Å². The van der Waals surface area contributed by atoms with Crippen LogP contribution in [0.3, 0.4) is 0 Å². The molecular formula is C18H17ClN4O2. The van der Waals surface area contributed by atoms with Crippen molar-refractivity contribution in [1.29, 1.82) is 0 Å². The number of ether oxygens (including phenoxy) is 2. The van der Waals surface area contributed by atoms with Crippen molar-refractivity contribution in [3.63, 3.8) is 0 Å². The second-order valence-electron chi connectivity index (χ2n) is 5.28. The van der Waals surface area contributed by atoms with Gasteiger partial charge in [0.2, 0.25) is 0 Å². The van der Waals surface area contributed by atoms with Crippen LogP contribution in [-0.4, -0.2) is 34.3 Å². The van der Waals surface area contributed by atoms with Crippen LogP contribution < -0.4 is 9.47 Å². The lowest BCUT2D eigenvalue weighted by atomic mass is 10.2. The molecule has 128 valence electrons. The Morgan fingerprint density at radius 3 is 2.68 bits per heavy atom. The Kier molecular flexibility index (Phi) is 5.64. The van der Waals surface area contributed by atoms with Gasteiger partial charge in [0.25, 0.3) is 0 Å². The summed E-state index contributed by atoms with van der Waals surface area (Å²) in [4.78, 5) is 0. The average Bonchev–Trinajstić information content (AvgIpc) is 3.12. The molecule has 0 aliphatic heterocycles. The van der Waals surface area contributed by atoms with Gasteiger partial charge in [0.1, 0.15) is 37.4 Å². The van der Waals surface area contributed by atoms with E-state index in [1.807, 2.05) is 37.3 Å². The van der Waals surface area contributed by atoms with E-state index in [0.29, 0.717) is 24.0 Å². The van der Waals surface area contributed by atoms with Gasteiger partial charge in [0.05, 0.1) is 6.21 Å². The second-order valence-corrected chi connectivity index (χ2v) is 5.72. The molecule has 0 N–H and O–H groups in total. The van der Waals surface area contributed by atoms with Crippen molar-refractivity contribution < 1.29 is 9.47 Å². The van der Waals surface area contributed by atoms with E-state index in [9.17, 15) is 0 Å². The maximum Gasteiger partial charge on any atom is 0.141 e. The molecule has 0 saturated carbocycles. The zero-order chi connectivity index (χ0) is 17.5. The number of hydrogen-bond donors (Lipinski definition) is 0. The molecule has 0 bridgehead atoms. The van der Waals surface area contributed by atoms with E-state index in [-0.39, 0.29) is 0 Å². The summed E-state index contributed by atoms with van der Waals surface area (Å²) >= 11 is 6.06. The van der Waals surface area contributed by atoms with Gasteiger partial charge in [-0.1, -0.05) is 23.7 Å². The third-order valence-electron chi connectivity index (χ3n) is 3.31. The molecule has 3 rings (SSSR count). The first-order valence-electron chi connectivity index (χ1n) is 7.71. The third kappa shape index (κ3) is 5.06. The van der Waals surface area contributed by atoms with E-state index in [1.54, 1.807) is 18.3 Å². The van der Waals surface area contributed by atoms with Gasteiger partial charge in [-0.25, -0.2) is 4.68 Å². The predicted octanol–water partition coefficient (Wildman–Crippen LogP) is 3.58. The van der Waals surface area contributed by atoms with Crippen LogP contribution >= 0.6 is 11.6 Å². The highest BCUT2D eigenvalue weighted by atomic mass is 35.5. The number of aromatic nitrogens is 3. The van der Waals surface area contributed by atoms with Crippen molar-refractivity contribution in [1.82, 2.24) is 14.9 Å². The van der Waals surface area contributed by atoms with Crippen molar-refractivity contribution >= 4 is 17.8 Å². The first-order valence-corrected chi connectivity index (χ1v) is 8.09. The molecule has 1 aromatic heterocycles. The van der Waals surface area contributed by atoms with E-state index in [0.717, 1.165) is 16.9 Å². The highest BCUT2D eigenvalue weighted by Crippen LogP contribution is 2.21. The predicted molar refractivity (Wildman–Crippen MR) is 96.6 cm³/mol. The molecule has 6 nitrogen and oxygen atoms in total. The minimum atomic E-state index is 0.406. The third-order valence-corrected chi connectivity index (χ3v) is 3.54. The fourth-order valence-corrected chi connectivity index (χ4v) is 2.33. The Morgan fingerprint density at radius 1 is 1.08 bits per heavy atom. The minimum Gasteiger partial charge on any atom is -0.490 e. The summed E-state index contributed by atoms with van der Waals surface area (Å²) in [5, 5.41) is 12.2. The average molecular weight is 357 g/mol. The quantitative estimate of drug-likeness (QED) is 0.479. The highest BCUT2D eigenvalue weighted by Gasteiger charge is 2.04. The molecule has 0 saturated heterocycles. The fourth-order valence-electron chi connectivity index (χ4n) is 2.15.